The van der Waals surface area contributed by atoms with E-state index in [4.69, 9.17) is 9.52 Å². The molecule has 0 amide bonds. The van der Waals surface area contributed by atoms with Crippen LogP contribution in [0.3, 0.4) is 0 Å². The van der Waals surface area contributed by atoms with Crippen LogP contribution in [0.4, 0.5) is 0 Å². The maximum Gasteiger partial charge on any atom is 0.205 e. The van der Waals surface area contributed by atoms with E-state index in [0.29, 0.717) is 22.9 Å². The van der Waals surface area contributed by atoms with Gasteiger partial charge >= 0.3 is 0 Å². The zero-order valence-electron chi connectivity index (χ0n) is 15.1. The topological polar surface area (TPSA) is 84.9 Å². The number of furan rings is 1. The largest absolute Gasteiger partial charge is 0.463 e. The highest BCUT2D eigenvalue weighted by Crippen LogP contribution is 2.30. The lowest BCUT2D eigenvalue weighted by Crippen LogP contribution is -1.99. The quantitative estimate of drug-likeness (QED) is 0.487. The Hall–Kier alpha value is -4.26. The van der Waals surface area contributed by atoms with Gasteiger partial charge in [0.05, 0.1) is 12.0 Å². The number of nitrogens with zero attached hydrogens (tertiary/aromatic N) is 5. The fraction of sp³-hybridized carbons (Fsp3) is 0. The molecule has 0 radical (unpaired) electrons. The van der Waals surface area contributed by atoms with Crippen molar-refractivity contribution in [2.45, 2.75) is 0 Å². The van der Waals surface area contributed by atoms with Crippen LogP contribution in [0.5, 0.6) is 0 Å². The van der Waals surface area contributed by atoms with Gasteiger partial charge in [-0.3, -0.25) is 5.10 Å². The summed E-state index contributed by atoms with van der Waals surface area (Å²) >= 11 is 0. The van der Waals surface area contributed by atoms with Crippen LogP contribution in [0.2, 0.25) is 0 Å². The number of hydrogen-bond acceptors (Lipinski definition) is 5. The van der Waals surface area contributed by atoms with Crippen molar-refractivity contribution < 1.29 is 4.42 Å². The van der Waals surface area contributed by atoms with Crippen molar-refractivity contribution in [1.29, 1.82) is 0 Å². The Labute approximate surface area is 164 Å². The lowest BCUT2D eigenvalue weighted by atomic mass is 10.1. The van der Waals surface area contributed by atoms with E-state index in [0.717, 1.165) is 27.7 Å². The zero-order valence-corrected chi connectivity index (χ0v) is 15.1. The Bertz CT molecular complexity index is 1450. The molecule has 6 aromatic rings. The number of aromatic amines is 1. The molecule has 0 aliphatic heterocycles. The third-order valence-electron chi connectivity index (χ3n) is 4.90. The van der Waals surface area contributed by atoms with Crippen LogP contribution >= 0.6 is 0 Å². The van der Waals surface area contributed by atoms with Crippen LogP contribution in [0, 0.1) is 0 Å². The Kier molecular flexibility index (Phi) is 3.33. The zero-order chi connectivity index (χ0) is 19.2. The molecule has 0 spiro atoms. The van der Waals surface area contributed by atoms with E-state index in [2.05, 4.69) is 26.5 Å². The van der Waals surface area contributed by atoms with Crippen molar-refractivity contribution in [3.05, 3.63) is 79.1 Å². The minimum absolute atomic E-state index is 0.567. The Morgan fingerprint density at radius 1 is 0.828 bits per heavy atom. The average molecular weight is 378 g/mol. The molecule has 1 N–H and O–H groups in total. The normalized spacial score (nSPS) is 11.4. The van der Waals surface area contributed by atoms with Crippen LogP contribution in [0.25, 0.3) is 50.6 Å². The summed E-state index contributed by atoms with van der Waals surface area (Å²) < 4.78 is 7.20. The minimum atomic E-state index is 0.567. The molecule has 6 rings (SSSR count). The molecular formula is C22H14N6O. The first-order chi connectivity index (χ1) is 14.4. The van der Waals surface area contributed by atoms with Crippen molar-refractivity contribution in [3.63, 3.8) is 0 Å². The first-order valence-electron chi connectivity index (χ1n) is 9.18. The summed E-state index contributed by atoms with van der Waals surface area (Å²) in [5, 5.41) is 23.1. The van der Waals surface area contributed by atoms with Gasteiger partial charge in [0.2, 0.25) is 5.82 Å². The van der Waals surface area contributed by atoms with E-state index < -0.39 is 0 Å². The molecule has 7 nitrogen and oxygen atoms in total. The number of aromatic nitrogens is 6. The maximum atomic E-state index is 5.44. The van der Waals surface area contributed by atoms with E-state index in [1.165, 1.54) is 0 Å². The van der Waals surface area contributed by atoms with Crippen LogP contribution in [-0.4, -0.2) is 30.0 Å². The van der Waals surface area contributed by atoms with Crippen LogP contribution in [0.15, 0.2) is 83.5 Å². The second-order valence-corrected chi connectivity index (χ2v) is 6.66. The fourth-order valence-corrected chi connectivity index (χ4v) is 3.54. The van der Waals surface area contributed by atoms with Gasteiger partial charge in [0, 0.05) is 16.3 Å². The number of fused-ring (bicyclic) bond motifs is 3. The number of nitrogens with one attached hydrogen (secondary N) is 1. The number of H-pyrrole nitrogens is 1. The number of rotatable bonds is 3. The van der Waals surface area contributed by atoms with Gasteiger partial charge in [-0.25, -0.2) is 0 Å². The van der Waals surface area contributed by atoms with Crippen LogP contribution < -0.4 is 0 Å². The molecule has 0 aliphatic carbocycles. The predicted molar refractivity (Wildman–Crippen MR) is 109 cm³/mol. The molecule has 0 atom stereocenters. The van der Waals surface area contributed by atoms with Crippen molar-refractivity contribution in [2.24, 2.45) is 0 Å². The van der Waals surface area contributed by atoms with Crippen LogP contribution in [0.1, 0.15) is 0 Å². The predicted octanol–water partition coefficient (Wildman–Crippen LogP) is 4.59. The first kappa shape index (κ1) is 15.8. The summed E-state index contributed by atoms with van der Waals surface area (Å²) in [7, 11) is 0. The van der Waals surface area contributed by atoms with Crippen molar-refractivity contribution in [2.75, 3.05) is 0 Å². The lowest BCUT2D eigenvalue weighted by molar-refractivity contribution is 0.580. The Balaban J connectivity index is 1.61. The Morgan fingerprint density at radius 2 is 1.66 bits per heavy atom. The fourth-order valence-electron chi connectivity index (χ4n) is 3.54. The molecule has 0 saturated carbocycles. The molecule has 4 heterocycles. The van der Waals surface area contributed by atoms with E-state index in [9.17, 15) is 0 Å². The molecule has 0 saturated heterocycles. The van der Waals surface area contributed by atoms with Gasteiger partial charge in [0.25, 0.3) is 0 Å². The molecule has 0 fully saturated rings. The Morgan fingerprint density at radius 3 is 2.48 bits per heavy atom. The van der Waals surface area contributed by atoms with Crippen molar-refractivity contribution in [1.82, 2.24) is 30.0 Å². The van der Waals surface area contributed by atoms with E-state index >= 15 is 0 Å². The number of hydrogen-bond donors (Lipinski definition) is 1. The molecule has 0 unspecified atom stereocenters. The summed E-state index contributed by atoms with van der Waals surface area (Å²) in [6.45, 7) is 0. The van der Waals surface area contributed by atoms with Crippen LogP contribution in [-0.2, 0) is 0 Å². The molecule has 2 aromatic carbocycles. The third kappa shape index (κ3) is 2.45. The molecule has 0 aliphatic rings. The monoisotopic (exact) mass is 378 g/mol. The van der Waals surface area contributed by atoms with E-state index in [1.807, 2.05) is 66.7 Å². The summed E-state index contributed by atoms with van der Waals surface area (Å²) in [5.74, 6) is 1.28. The van der Waals surface area contributed by atoms with E-state index in [1.54, 1.807) is 10.8 Å². The summed E-state index contributed by atoms with van der Waals surface area (Å²) in [6, 6.07) is 23.8. The highest BCUT2D eigenvalue weighted by molar-refractivity contribution is 6.01. The van der Waals surface area contributed by atoms with Crippen molar-refractivity contribution >= 4 is 16.4 Å². The lowest BCUT2D eigenvalue weighted by Gasteiger charge is -2.08. The van der Waals surface area contributed by atoms with Gasteiger partial charge in [0.15, 0.2) is 11.4 Å². The SMILES string of the molecule is c1ccc(-c2nn3c(-c4cc(-c5ccco5)[nH]n4)nnc3c3ccccc23)cc1. The van der Waals surface area contributed by atoms with Gasteiger partial charge in [-0.15, -0.1) is 10.2 Å². The van der Waals surface area contributed by atoms with Gasteiger partial charge < -0.3 is 4.42 Å². The second-order valence-electron chi connectivity index (χ2n) is 6.66. The smallest absolute Gasteiger partial charge is 0.205 e. The number of benzene rings is 2. The molecule has 7 heteroatoms. The highest BCUT2D eigenvalue weighted by Gasteiger charge is 2.18. The van der Waals surface area contributed by atoms with Gasteiger partial charge in [0.1, 0.15) is 11.4 Å². The van der Waals surface area contributed by atoms with Gasteiger partial charge in [-0.05, 0) is 18.2 Å². The molecule has 138 valence electrons. The first-order valence-corrected chi connectivity index (χ1v) is 9.18. The molecule has 0 bridgehead atoms. The van der Waals surface area contributed by atoms with Gasteiger partial charge in [-0.2, -0.15) is 14.7 Å². The minimum Gasteiger partial charge on any atom is -0.463 e. The van der Waals surface area contributed by atoms with Gasteiger partial charge in [-0.1, -0.05) is 54.6 Å². The van der Waals surface area contributed by atoms with Crippen molar-refractivity contribution in [3.8, 4) is 34.2 Å². The van der Waals surface area contributed by atoms with E-state index in [-0.39, 0.29) is 0 Å². The second kappa shape index (κ2) is 6.13. The molecule has 29 heavy (non-hydrogen) atoms. The summed E-state index contributed by atoms with van der Waals surface area (Å²) in [5.41, 5.74) is 4.01. The summed E-state index contributed by atoms with van der Waals surface area (Å²) in [4.78, 5) is 0. The molecular weight excluding hydrogens is 364 g/mol. The average Bonchev–Trinajstić information content (AvgIpc) is 3.53. The third-order valence-corrected chi connectivity index (χ3v) is 4.90. The maximum absolute atomic E-state index is 5.44. The summed E-state index contributed by atoms with van der Waals surface area (Å²) in [6.07, 6.45) is 1.63. The highest BCUT2D eigenvalue weighted by atomic mass is 16.3. The molecule has 4 aromatic heterocycles. The standard InChI is InChI=1S/C22H14N6O/c1-2-7-14(8-3-1)20-15-9-4-5-10-16(15)21-25-26-22(28(21)27-20)18-13-17(23-24-18)19-11-6-12-29-19/h1-13H,(H,23,24).